The van der Waals surface area contributed by atoms with Crippen LogP contribution in [0.5, 0.6) is 11.5 Å². The van der Waals surface area contributed by atoms with E-state index in [4.69, 9.17) is 27.9 Å². The maximum Gasteiger partial charge on any atom is 0.713 e. The summed E-state index contributed by atoms with van der Waals surface area (Å²) in [6, 6.07) is 7.20. The van der Waals surface area contributed by atoms with Crippen molar-refractivity contribution in [3.63, 3.8) is 0 Å². The summed E-state index contributed by atoms with van der Waals surface area (Å²) in [6.45, 7) is 10.8. The van der Waals surface area contributed by atoms with Crippen LogP contribution in [0.3, 0.4) is 0 Å². The van der Waals surface area contributed by atoms with Crippen LogP contribution in [-0.4, -0.2) is 41.1 Å². The molecule has 1 aromatic carbocycles. The summed E-state index contributed by atoms with van der Waals surface area (Å²) in [6.07, 6.45) is 0. The van der Waals surface area contributed by atoms with Gasteiger partial charge in [0.1, 0.15) is 11.5 Å². The van der Waals surface area contributed by atoms with Crippen molar-refractivity contribution in [3.05, 3.63) is 24.3 Å². The van der Waals surface area contributed by atoms with Crippen LogP contribution >= 0.6 is 0 Å². The molecule has 2 heterocycles. The standard InChI is InChI=1S/C16H24B2O6/c1-15(2)9-19-17(20-10-15)23-13-5-7-14(8-6-13)24-18-21-11-16(3,4)12-22-18/h5-8H,9-12H2,1-4H3. The lowest BCUT2D eigenvalue weighted by Gasteiger charge is -2.32. The number of rotatable bonds is 4. The molecule has 3 rings (SSSR count). The van der Waals surface area contributed by atoms with Crippen LogP contribution < -0.4 is 9.31 Å². The Morgan fingerprint density at radius 1 is 0.667 bits per heavy atom. The Bertz CT molecular complexity index is 479. The van der Waals surface area contributed by atoms with E-state index in [9.17, 15) is 0 Å². The lowest BCUT2D eigenvalue weighted by molar-refractivity contribution is -0.0000151. The molecule has 0 amide bonds. The smallest absolute Gasteiger partial charge is 0.512 e. The van der Waals surface area contributed by atoms with Crippen LogP contribution in [0.15, 0.2) is 24.3 Å². The van der Waals surface area contributed by atoms with Gasteiger partial charge < -0.3 is 27.9 Å². The van der Waals surface area contributed by atoms with E-state index in [0.717, 1.165) is 0 Å². The molecule has 6 nitrogen and oxygen atoms in total. The third kappa shape index (κ3) is 4.89. The predicted octanol–water partition coefficient (Wildman–Crippen LogP) is 2.56. The minimum absolute atomic E-state index is 0.0200. The van der Waals surface area contributed by atoms with Crippen LogP contribution in [-0.2, 0) is 18.6 Å². The maximum atomic E-state index is 5.66. The highest BCUT2D eigenvalue weighted by Crippen LogP contribution is 2.26. The molecule has 0 radical (unpaired) electrons. The summed E-state index contributed by atoms with van der Waals surface area (Å²) < 4.78 is 33.5. The molecule has 0 bridgehead atoms. The monoisotopic (exact) mass is 334 g/mol. The topological polar surface area (TPSA) is 55.4 Å². The third-order valence-corrected chi connectivity index (χ3v) is 3.73. The highest BCUT2D eigenvalue weighted by atomic mass is 16.7. The number of hydrogen-bond acceptors (Lipinski definition) is 6. The Hall–Kier alpha value is -1.21. The normalized spacial score (nSPS) is 23.0. The second-order valence-corrected chi connectivity index (χ2v) is 7.86. The molecular formula is C16H24B2O6. The molecule has 2 aliphatic heterocycles. The first-order valence-electron chi connectivity index (χ1n) is 8.21. The van der Waals surface area contributed by atoms with Gasteiger partial charge in [-0.15, -0.1) is 0 Å². The van der Waals surface area contributed by atoms with Crippen molar-refractivity contribution < 1.29 is 27.9 Å². The van der Waals surface area contributed by atoms with Gasteiger partial charge in [0, 0.05) is 37.3 Å². The summed E-state index contributed by atoms with van der Waals surface area (Å²) in [5, 5.41) is 0. The highest BCUT2D eigenvalue weighted by molar-refractivity contribution is 6.38. The Morgan fingerprint density at radius 3 is 1.25 bits per heavy atom. The molecule has 8 heteroatoms. The first-order valence-corrected chi connectivity index (χ1v) is 8.21. The molecule has 0 saturated carbocycles. The van der Waals surface area contributed by atoms with Crippen molar-refractivity contribution >= 4 is 14.6 Å². The molecule has 130 valence electrons. The van der Waals surface area contributed by atoms with Gasteiger partial charge in [0.05, 0.1) is 0 Å². The Labute approximate surface area is 144 Å². The first kappa shape index (κ1) is 17.6. The van der Waals surface area contributed by atoms with Gasteiger partial charge in [-0.1, -0.05) is 27.7 Å². The van der Waals surface area contributed by atoms with E-state index in [2.05, 4.69) is 27.7 Å². The summed E-state index contributed by atoms with van der Waals surface area (Å²) in [7, 11) is -1.34. The number of hydrogen-bond donors (Lipinski definition) is 0. The summed E-state index contributed by atoms with van der Waals surface area (Å²) in [5.74, 6) is 1.30. The Balaban J connectivity index is 1.47. The molecule has 2 fully saturated rings. The van der Waals surface area contributed by atoms with E-state index in [1.54, 1.807) is 24.3 Å². The molecule has 0 aromatic heterocycles. The zero-order chi connectivity index (χ0) is 17.2. The molecule has 1 aromatic rings. The predicted molar refractivity (Wildman–Crippen MR) is 90.6 cm³/mol. The highest BCUT2D eigenvalue weighted by Gasteiger charge is 2.37. The van der Waals surface area contributed by atoms with Crippen LogP contribution in [0.1, 0.15) is 27.7 Å². The van der Waals surface area contributed by atoms with Gasteiger partial charge in [-0.25, -0.2) is 0 Å². The van der Waals surface area contributed by atoms with E-state index in [-0.39, 0.29) is 10.8 Å². The Kier molecular flexibility index (Phi) is 5.10. The second kappa shape index (κ2) is 6.96. The lowest BCUT2D eigenvalue weighted by Crippen LogP contribution is -2.44. The largest absolute Gasteiger partial charge is 0.713 e. The first-order chi connectivity index (χ1) is 11.3. The van der Waals surface area contributed by atoms with E-state index in [1.807, 2.05) is 0 Å². The third-order valence-electron chi connectivity index (χ3n) is 3.73. The minimum Gasteiger partial charge on any atom is -0.512 e. The number of benzene rings is 1. The SMILES string of the molecule is CC1(C)COB(Oc2ccc(OB3OCC(C)(C)CO3)cc2)OC1. The molecule has 0 aliphatic carbocycles. The van der Waals surface area contributed by atoms with E-state index >= 15 is 0 Å². The van der Waals surface area contributed by atoms with Gasteiger partial charge in [-0.3, -0.25) is 0 Å². The van der Waals surface area contributed by atoms with Gasteiger partial charge in [-0.05, 0) is 24.3 Å². The van der Waals surface area contributed by atoms with Crippen molar-refractivity contribution in [1.82, 2.24) is 0 Å². The van der Waals surface area contributed by atoms with Gasteiger partial charge in [-0.2, -0.15) is 0 Å². The Morgan fingerprint density at radius 2 is 0.958 bits per heavy atom. The quantitative estimate of drug-likeness (QED) is 0.789. The van der Waals surface area contributed by atoms with E-state index in [1.165, 1.54) is 0 Å². The fourth-order valence-corrected chi connectivity index (χ4v) is 2.31. The zero-order valence-corrected chi connectivity index (χ0v) is 14.7. The van der Waals surface area contributed by atoms with Crippen LogP contribution in [0.4, 0.5) is 0 Å². The summed E-state index contributed by atoms with van der Waals surface area (Å²) >= 11 is 0. The molecule has 0 spiro atoms. The zero-order valence-electron chi connectivity index (χ0n) is 14.7. The second-order valence-electron chi connectivity index (χ2n) is 7.86. The average Bonchev–Trinajstić information content (AvgIpc) is 2.53. The van der Waals surface area contributed by atoms with Crippen molar-refractivity contribution in [3.8, 4) is 11.5 Å². The molecule has 2 aliphatic rings. The van der Waals surface area contributed by atoms with Crippen molar-refractivity contribution in [2.45, 2.75) is 27.7 Å². The average molecular weight is 334 g/mol. The molecule has 2 saturated heterocycles. The van der Waals surface area contributed by atoms with Gasteiger partial charge in [0.15, 0.2) is 0 Å². The fourth-order valence-electron chi connectivity index (χ4n) is 2.31. The minimum atomic E-state index is -0.669. The van der Waals surface area contributed by atoms with Crippen LogP contribution in [0.2, 0.25) is 0 Å². The van der Waals surface area contributed by atoms with Crippen LogP contribution in [0.25, 0.3) is 0 Å². The molecule has 0 unspecified atom stereocenters. The van der Waals surface area contributed by atoms with Gasteiger partial charge in [0.25, 0.3) is 0 Å². The van der Waals surface area contributed by atoms with E-state index < -0.39 is 14.6 Å². The summed E-state index contributed by atoms with van der Waals surface area (Å²) in [4.78, 5) is 0. The molecule has 24 heavy (non-hydrogen) atoms. The molecular weight excluding hydrogens is 310 g/mol. The van der Waals surface area contributed by atoms with Crippen molar-refractivity contribution in [2.24, 2.45) is 10.8 Å². The van der Waals surface area contributed by atoms with Crippen molar-refractivity contribution in [2.75, 3.05) is 26.4 Å². The van der Waals surface area contributed by atoms with Crippen LogP contribution in [0, 0.1) is 10.8 Å². The van der Waals surface area contributed by atoms with Crippen molar-refractivity contribution in [1.29, 1.82) is 0 Å². The molecule has 0 atom stereocenters. The fraction of sp³-hybridized carbons (Fsp3) is 0.625. The lowest BCUT2D eigenvalue weighted by atomic mass is 9.93. The van der Waals surface area contributed by atoms with Gasteiger partial charge in [0.2, 0.25) is 0 Å². The molecule has 0 N–H and O–H groups in total. The van der Waals surface area contributed by atoms with Gasteiger partial charge >= 0.3 is 14.6 Å². The maximum absolute atomic E-state index is 5.66. The summed E-state index contributed by atoms with van der Waals surface area (Å²) in [5.41, 5.74) is 0.0399. The van der Waals surface area contributed by atoms with E-state index in [0.29, 0.717) is 37.9 Å².